The number of aryl methyl sites for hydroxylation is 1. The Morgan fingerprint density at radius 1 is 1.33 bits per heavy atom. The standard InChI is InChI=1S/C12H14ClNO6S/c1-7-2-4-10(8(13)6-7)21(19,20)14-9(12(17)18)3-5-11(15)16/h2,4,6,9,14H,3,5H2,1H3,(H,15,16)(H,17,18)/t9-/m0/s1. The predicted octanol–water partition coefficient (Wildman–Crippen LogP) is 1.24. The van der Waals surface area contributed by atoms with E-state index < -0.39 is 34.4 Å². The van der Waals surface area contributed by atoms with Crippen molar-refractivity contribution in [2.24, 2.45) is 0 Å². The number of carbonyl (C=O) groups is 2. The number of benzene rings is 1. The van der Waals surface area contributed by atoms with E-state index in [-0.39, 0.29) is 16.3 Å². The average molecular weight is 336 g/mol. The van der Waals surface area contributed by atoms with E-state index in [0.717, 1.165) is 5.56 Å². The monoisotopic (exact) mass is 335 g/mol. The molecule has 0 unspecified atom stereocenters. The Kier molecular flexibility index (Phi) is 5.70. The second kappa shape index (κ2) is 6.88. The molecular weight excluding hydrogens is 322 g/mol. The number of carboxylic acids is 2. The summed E-state index contributed by atoms with van der Waals surface area (Å²) in [7, 11) is -4.16. The van der Waals surface area contributed by atoms with Crippen LogP contribution in [0.25, 0.3) is 0 Å². The van der Waals surface area contributed by atoms with Gasteiger partial charge in [0, 0.05) is 6.42 Å². The SMILES string of the molecule is Cc1ccc(S(=O)(=O)N[C@@H](CCC(=O)O)C(=O)O)c(Cl)c1. The molecule has 0 heterocycles. The van der Waals surface area contributed by atoms with E-state index in [1.807, 2.05) is 4.72 Å². The molecule has 0 aliphatic carbocycles. The fourth-order valence-corrected chi connectivity index (χ4v) is 3.40. The predicted molar refractivity (Wildman–Crippen MR) is 74.8 cm³/mol. The van der Waals surface area contributed by atoms with Crippen LogP contribution in [-0.4, -0.2) is 36.6 Å². The van der Waals surface area contributed by atoms with Crippen LogP contribution in [0.2, 0.25) is 5.02 Å². The van der Waals surface area contributed by atoms with Crippen LogP contribution in [0.15, 0.2) is 23.1 Å². The van der Waals surface area contributed by atoms with Gasteiger partial charge in [-0.1, -0.05) is 17.7 Å². The molecule has 0 saturated heterocycles. The van der Waals surface area contributed by atoms with E-state index in [1.165, 1.54) is 18.2 Å². The number of sulfonamides is 1. The Hall–Kier alpha value is -1.64. The van der Waals surface area contributed by atoms with E-state index in [2.05, 4.69) is 0 Å². The van der Waals surface area contributed by atoms with Crippen LogP contribution in [-0.2, 0) is 19.6 Å². The summed E-state index contributed by atoms with van der Waals surface area (Å²) >= 11 is 5.84. The highest BCUT2D eigenvalue weighted by Gasteiger charge is 2.27. The van der Waals surface area contributed by atoms with Gasteiger partial charge in [0.1, 0.15) is 10.9 Å². The quantitative estimate of drug-likeness (QED) is 0.689. The molecule has 21 heavy (non-hydrogen) atoms. The maximum Gasteiger partial charge on any atom is 0.321 e. The minimum atomic E-state index is -4.16. The van der Waals surface area contributed by atoms with Gasteiger partial charge in [0.2, 0.25) is 10.0 Å². The lowest BCUT2D eigenvalue weighted by atomic mass is 10.2. The van der Waals surface area contributed by atoms with Crippen LogP contribution in [0.5, 0.6) is 0 Å². The molecule has 0 bridgehead atoms. The molecule has 0 aliphatic rings. The Bertz CT molecular complexity index is 658. The van der Waals surface area contributed by atoms with Gasteiger partial charge in [0.05, 0.1) is 5.02 Å². The molecule has 0 aromatic heterocycles. The van der Waals surface area contributed by atoms with Crippen molar-refractivity contribution in [3.05, 3.63) is 28.8 Å². The number of rotatable bonds is 7. The number of hydrogen-bond donors (Lipinski definition) is 3. The van der Waals surface area contributed by atoms with Crippen LogP contribution in [0, 0.1) is 6.92 Å². The molecule has 0 fully saturated rings. The van der Waals surface area contributed by atoms with Gasteiger partial charge < -0.3 is 10.2 Å². The second-order valence-electron chi connectivity index (χ2n) is 4.38. The third kappa shape index (κ3) is 5.00. The topological polar surface area (TPSA) is 121 Å². The first-order valence-electron chi connectivity index (χ1n) is 5.86. The zero-order valence-corrected chi connectivity index (χ0v) is 12.6. The summed E-state index contributed by atoms with van der Waals surface area (Å²) in [6, 6.07) is 2.68. The van der Waals surface area contributed by atoms with E-state index in [0.29, 0.717) is 0 Å². The number of halogens is 1. The van der Waals surface area contributed by atoms with Gasteiger partial charge >= 0.3 is 11.9 Å². The number of nitrogens with one attached hydrogen (secondary N) is 1. The van der Waals surface area contributed by atoms with Crippen LogP contribution < -0.4 is 4.72 Å². The molecule has 0 spiro atoms. The molecule has 116 valence electrons. The van der Waals surface area contributed by atoms with Crippen molar-refractivity contribution in [3.63, 3.8) is 0 Å². The van der Waals surface area contributed by atoms with Crippen molar-refractivity contribution in [2.45, 2.75) is 30.7 Å². The van der Waals surface area contributed by atoms with Gasteiger partial charge in [0.15, 0.2) is 0 Å². The van der Waals surface area contributed by atoms with Crippen molar-refractivity contribution in [1.82, 2.24) is 4.72 Å². The van der Waals surface area contributed by atoms with E-state index in [4.69, 9.17) is 21.8 Å². The molecule has 0 saturated carbocycles. The van der Waals surface area contributed by atoms with Crippen molar-refractivity contribution in [1.29, 1.82) is 0 Å². The number of aliphatic carboxylic acids is 2. The highest BCUT2D eigenvalue weighted by Crippen LogP contribution is 2.22. The largest absolute Gasteiger partial charge is 0.481 e. The first kappa shape index (κ1) is 17.4. The summed E-state index contributed by atoms with van der Waals surface area (Å²) in [6.45, 7) is 1.72. The summed E-state index contributed by atoms with van der Waals surface area (Å²) in [4.78, 5) is 21.2. The van der Waals surface area contributed by atoms with Crippen molar-refractivity contribution >= 4 is 33.6 Å². The molecule has 0 radical (unpaired) electrons. The summed E-state index contributed by atoms with van der Waals surface area (Å²) < 4.78 is 26.2. The first-order chi connectivity index (χ1) is 9.63. The van der Waals surface area contributed by atoms with Gasteiger partial charge in [0.25, 0.3) is 0 Å². The summed E-state index contributed by atoms with van der Waals surface area (Å²) in [6.07, 6.45) is -0.839. The maximum atomic E-state index is 12.1. The molecule has 0 amide bonds. The summed E-state index contributed by atoms with van der Waals surface area (Å²) in [5.74, 6) is -2.67. The Balaban J connectivity index is 3.00. The van der Waals surface area contributed by atoms with Crippen LogP contribution in [0.4, 0.5) is 0 Å². The van der Waals surface area contributed by atoms with E-state index in [9.17, 15) is 18.0 Å². The van der Waals surface area contributed by atoms with Crippen molar-refractivity contribution in [3.8, 4) is 0 Å². The minimum Gasteiger partial charge on any atom is -0.481 e. The highest BCUT2D eigenvalue weighted by molar-refractivity contribution is 7.89. The molecule has 1 atom stereocenters. The molecule has 9 heteroatoms. The second-order valence-corrected chi connectivity index (χ2v) is 6.47. The maximum absolute atomic E-state index is 12.1. The molecule has 0 aliphatic heterocycles. The lowest BCUT2D eigenvalue weighted by molar-refractivity contribution is -0.140. The van der Waals surface area contributed by atoms with Crippen LogP contribution in [0.3, 0.4) is 0 Å². The third-order valence-electron chi connectivity index (χ3n) is 2.62. The molecule has 3 N–H and O–H groups in total. The zero-order valence-electron chi connectivity index (χ0n) is 11.0. The summed E-state index contributed by atoms with van der Waals surface area (Å²) in [5, 5.41) is 17.5. The number of hydrogen-bond acceptors (Lipinski definition) is 4. The Morgan fingerprint density at radius 2 is 1.95 bits per heavy atom. The fraction of sp³-hybridized carbons (Fsp3) is 0.333. The fourth-order valence-electron chi connectivity index (χ4n) is 1.58. The molecule has 1 aromatic carbocycles. The normalized spacial score (nSPS) is 12.9. The lowest BCUT2D eigenvalue weighted by Gasteiger charge is -2.14. The molecule has 1 rings (SSSR count). The zero-order chi connectivity index (χ0) is 16.2. The van der Waals surface area contributed by atoms with E-state index in [1.54, 1.807) is 6.92 Å². The first-order valence-corrected chi connectivity index (χ1v) is 7.72. The van der Waals surface area contributed by atoms with Gasteiger partial charge in [-0.05, 0) is 31.0 Å². The molecular formula is C12H14ClNO6S. The lowest BCUT2D eigenvalue weighted by Crippen LogP contribution is -2.41. The van der Waals surface area contributed by atoms with E-state index >= 15 is 0 Å². The highest BCUT2D eigenvalue weighted by atomic mass is 35.5. The van der Waals surface area contributed by atoms with Crippen molar-refractivity contribution < 1.29 is 28.2 Å². The number of carboxylic acid groups (broad SMARTS) is 2. The summed E-state index contributed by atoms with van der Waals surface area (Å²) in [5.41, 5.74) is 0.750. The van der Waals surface area contributed by atoms with Gasteiger partial charge in [-0.3, -0.25) is 9.59 Å². The van der Waals surface area contributed by atoms with Crippen molar-refractivity contribution in [2.75, 3.05) is 0 Å². The van der Waals surface area contributed by atoms with Gasteiger partial charge in [-0.15, -0.1) is 0 Å². The van der Waals surface area contributed by atoms with Gasteiger partial charge in [-0.25, -0.2) is 8.42 Å². The van der Waals surface area contributed by atoms with Gasteiger partial charge in [-0.2, -0.15) is 4.72 Å². The molecule has 7 nitrogen and oxygen atoms in total. The van der Waals surface area contributed by atoms with Crippen LogP contribution >= 0.6 is 11.6 Å². The molecule has 1 aromatic rings. The smallest absolute Gasteiger partial charge is 0.321 e. The average Bonchev–Trinajstić information content (AvgIpc) is 2.33. The van der Waals surface area contributed by atoms with Crippen LogP contribution in [0.1, 0.15) is 18.4 Å². The third-order valence-corrected chi connectivity index (χ3v) is 4.57. The Morgan fingerprint density at radius 3 is 2.43 bits per heavy atom. The Labute approximate surface area is 126 Å². The minimum absolute atomic E-state index is 0.0372.